The third-order valence-corrected chi connectivity index (χ3v) is 2.39. The van der Waals surface area contributed by atoms with Crippen molar-refractivity contribution in [3.05, 3.63) is 0 Å². The molecule has 0 bridgehead atoms. The molecule has 4 heteroatoms. The lowest BCUT2D eigenvalue weighted by Gasteiger charge is -2.28. The molecule has 1 aliphatic rings. The maximum absolute atomic E-state index is 10.5. The van der Waals surface area contributed by atoms with E-state index < -0.39 is 11.5 Å². The molecule has 70 valence electrons. The van der Waals surface area contributed by atoms with Gasteiger partial charge in [0.05, 0.1) is 13.0 Å². The summed E-state index contributed by atoms with van der Waals surface area (Å²) in [5.41, 5.74) is 5.24. The Balaban J connectivity index is 2.50. The Morgan fingerprint density at radius 3 is 2.92 bits per heavy atom. The minimum Gasteiger partial charge on any atom is -0.481 e. The third kappa shape index (κ3) is 2.19. The van der Waals surface area contributed by atoms with Gasteiger partial charge in [0.15, 0.2) is 0 Å². The molecule has 1 saturated heterocycles. The van der Waals surface area contributed by atoms with Gasteiger partial charge in [0, 0.05) is 18.1 Å². The maximum atomic E-state index is 10.5. The second-order valence-corrected chi connectivity index (χ2v) is 3.64. The van der Waals surface area contributed by atoms with Crippen LogP contribution in [0.3, 0.4) is 0 Å². The van der Waals surface area contributed by atoms with Gasteiger partial charge in [-0.1, -0.05) is 0 Å². The third-order valence-electron chi connectivity index (χ3n) is 2.39. The molecule has 0 aliphatic carbocycles. The van der Waals surface area contributed by atoms with E-state index in [-0.39, 0.29) is 12.3 Å². The molecule has 1 fully saturated rings. The number of hydrogen-bond donors (Lipinski definition) is 2. The Morgan fingerprint density at radius 1 is 1.83 bits per heavy atom. The Bertz CT molecular complexity index is 173. The molecule has 2 atom stereocenters. The quantitative estimate of drug-likeness (QED) is 0.640. The predicted octanol–water partition coefficient (Wildman–Crippen LogP) is 0.215. The molecule has 2 unspecified atom stereocenters. The van der Waals surface area contributed by atoms with Gasteiger partial charge in [-0.3, -0.25) is 4.79 Å². The molecule has 0 aromatic rings. The normalized spacial score (nSPS) is 28.3. The summed E-state index contributed by atoms with van der Waals surface area (Å²) in [6, 6.07) is 0. The van der Waals surface area contributed by atoms with Gasteiger partial charge in [-0.15, -0.1) is 0 Å². The van der Waals surface area contributed by atoms with E-state index >= 15 is 0 Å². The van der Waals surface area contributed by atoms with Crippen molar-refractivity contribution in [1.29, 1.82) is 0 Å². The molecule has 0 saturated carbocycles. The average molecular weight is 173 g/mol. The number of hydrogen-bond acceptors (Lipinski definition) is 3. The first-order valence-electron chi connectivity index (χ1n) is 4.11. The van der Waals surface area contributed by atoms with Gasteiger partial charge in [0.1, 0.15) is 0 Å². The second-order valence-electron chi connectivity index (χ2n) is 3.64. The van der Waals surface area contributed by atoms with Crippen LogP contribution in [0.4, 0.5) is 0 Å². The Labute approximate surface area is 71.7 Å². The van der Waals surface area contributed by atoms with Gasteiger partial charge >= 0.3 is 5.97 Å². The van der Waals surface area contributed by atoms with Gasteiger partial charge in [0.25, 0.3) is 0 Å². The van der Waals surface area contributed by atoms with Gasteiger partial charge < -0.3 is 15.6 Å². The highest BCUT2D eigenvalue weighted by Gasteiger charge is 2.34. The zero-order valence-electron chi connectivity index (χ0n) is 7.25. The fourth-order valence-corrected chi connectivity index (χ4v) is 1.52. The van der Waals surface area contributed by atoms with E-state index in [0.29, 0.717) is 13.2 Å². The van der Waals surface area contributed by atoms with E-state index in [2.05, 4.69) is 0 Å². The molecule has 0 aromatic carbocycles. The largest absolute Gasteiger partial charge is 0.481 e. The van der Waals surface area contributed by atoms with Crippen molar-refractivity contribution in [3.8, 4) is 0 Å². The summed E-state index contributed by atoms with van der Waals surface area (Å²) in [6.07, 6.45) is 0.890. The van der Waals surface area contributed by atoms with Crippen molar-refractivity contribution < 1.29 is 14.6 Å². The highest BCUT2D eigenvalue weighted by atomic mass is 16.5. The summed E-state index contributed by atoms with van der Waals surface area (Å²) in [4.78, 5) is 10.5. The summed E-state index contributed by atoms with van der Waals surface area (Å²) in [7, 11) is 0. The SMILES string of the molecule is CC(N)(CC(=O)O)C1CCOC1. The smallest absolute Gasteiger partial charge is 0.305 e. The number of rotatable bonds is 3. The van der Waals surface area contributed by atoms with Crippen molar-refractivity contribution in [3.63, 3.8) is 0 Å². The topological polar surface area (TPSA) is 72.6 Å². The second kappa shape index (κ2) is 3.41. The van der Waals surface area contributed by atoms with Crippen LogP contribution in [-0.4, -0.2) is 29.8 Å². The summed E-state index contributed by atoms with van der Waals surface area (Å²) in [5.74, 6) is -0.652. The first kappa shape index (κ1) is 9.48. The fourth-order valence-electron chi connectivity index (χ4n) is 1.52. The molecule has 4 nitrogen and oxygen atoms in total. The Hall–Kier alpha value is -0.610. The van der Waals surface area contributed by atoms with Crippen LogP contribution in [0.5, 0.6) is 0 Å². The van der Waals surface area contributed by atoms with Crippen LogP contribution in [0, 0.1) is 5.92 Å². The number of ether oxygens (including phenoxy) is 1. The van der Waals surface area contributed by atoms with Crippen LogP contribution in [0.15, 0.2) is 0 Å². The van der Waals surface area contributed by atoms with Crippen LogP contribution in [0.1, 0.15) is 19.8 Å². The molecular formula is C8H15NO3. The first-order chi connectivity index (χ1) is 5.52. The van der Waals surface area contributed by atoms with Crippen LogP contribution >= 0.6 is 0 Å². The highest BCUT2D eigenvalue weighted by Crippen LogP contribution is 2.26. The summed E-state index contributed by atoms with van der Waals surface area (Å²) >= 11 is 0. The van der Waals surface area contributed by atoms with Crippen LogP contribution in [0.2, 0.25) is 0 Å². The average Bonchev–Trinajstić information content (AvgIpc) is 2.32. The predicted molar refractivity (Wildman–Crippen MR) is 43.8 cm³/mol. The number of carbonyl (C=O) groups is 1. The molecule has 3 N–H and O–H groups in total. The van der Waals surface area contributed by atoms with E-state index in [1.165, 1.54) is 0 Å². The van der Waals surface area contributed by atoms with Crippen LogP contribution in [-0.2, 0) is 9.53 Å². The van der Waals surface area contributed by atoms with E-state index in [1.54, 1.807) is 6.92 Å². The molecule has 1 rings (SSSR count). The molecule has 12 heavy (non-hydrogen) atoms. The first-order valence-corrected chi connectivity index (χ1v) is 4.11. The lowest BCUT2D eigenvalue weighted by molar-refractivity contribution is -0.138. The molecular weight excluding hydrogens is 158 g/mol. The highest BCUT2D eigenvalue weighted by molar-refractivity contribution is 5.68. The van der Waals surface area contributed by atoms with Gasteiger partial charge in [0.2, 0.25) is 0 Å². The van der Waals surface area contributed by atoms with Crippen molar-refractivity contribution in [1.82, 2.24) is 0 Å². The number of carboxylic acid groups (broad SMARTS) is 1. The van der Waals surface area contributed by atoms with E-state index in [0.717, 1.165) is 6.42 Å². The standard InChI is InChI=1S/C8H15NO3/c1-8(9,4-7(10)11)6-2-3-12-5-6/h6H,2-5,9H2,1H3,(H,10,11). The molecule has 1 aliphatic heterocycles. The minimum atomic E-state index is -0.841. The molecule has 0 aromatic heterocycles. The Morgan fingerprint density at radius 2 is 2.50 bits per heavy atom. The maximum Gasteiger partial charge on any atom is 0.305 e. The van der Waals surface area contributed by atoms with E-state index in [4.69, 9.17) is 15.6 Å². The molecule has 1 heterocycles. The number of aliphatic carboxylic acids is 1. The molecule has 0 spiro atoms. The summed E-state index contributed by atoms with van der Waals surface area (Å²) in [6.45, 7) is 3.08. The van der Waals surface area contributed by atoms with E-state index in [1.807, 2.05) is 0 Å². The number of nitrogens with two attached hydrogens (primary N) is 1. The van der Waals surface area contributed by atoms with Crippen molar-refractivity contribution in [2.24, 2.45) is 11.7 Å². The zero-order chi connectivity index (χ0) is 9.19. The monoisotopic (exact) mass is 173 g/mol. The fraction of sp³-hybridized carbons (Fsp3) is 0.875. The molecule has 0 amide bonds. The Kier molecular flexibility index (Phi) is 2.69. The zero-order valence-corrected chi connectivity index (χ0v) is 7.25. The van der Waals surface area contributed by atoms with Crippen molar-refractivity contribution in [2.45, 2.75) is 25.3 Å². The lowest BCUT2D eigenvalue weighted by atomic mass is 9.83. The minimum absolute atomic E-state index is 0.0149. The van der Waals surface area contributed by atoms with Crippen molar-refractivity contribution >= 4 is 5.97 Å². The van der Waals surface area contributed by atoms with Gasteiger partial charge in [-0.2, -0.15) is 0 Å². The van der Waals surface area contributed by atoms with Gasteiger partial charge in [-0.05, 0) is 13.3 Å². The van der Waals surface area contributed by atoms with Gasteiger partial charge in [-0.25, -0.2) is 0 Å². The lowest BCUT2D eigenvalue weighted by Crippen LogP contribution is -2.46. The van der Waals surface area contributed by atoms with Crippen LogP contribution in [0.25, 0.3) is 0 Å². The van der Waals surface area contributed by atoms with Crippen LogP contribution < -0.4 is 5.73 Å². The molecule has 0 radical (unpaired) electrons. The summed E-state index contributed by atoms with van der Waals surface area (Å²) in [5, 5.41) is 8.59. The van der Waals surface area contributed by atoms with Crippen molar-refractivity contribution in [2.75, 3.05) is 13.2 Å². The summed E-state index contributed by atoms with van der Waals surface area (Å²) < 4.78 is 5.15. The van der Waals surface area contributed by atoms with E-state index in [9.17, 15) is 4.79 Å². The number of carboxylic acids is 1.